The van der Waals surface area contributed by atoms with Crippen molar-refractivity contribution in [2.45, 2.75) is 84.4 Å². The van der Waals surface area contributed by atoms with Crippen LogP contribution < -0.4 is 11.1 Å². The molecule has 2 unspecified atom stereocenters. The predicted octanol–water partition coefficient (Wildman–Crippen LogP) is 1.03. The van der Waals surface area contributed by atoms with Crippen molar-refractivity contribution in [3.05, 3.63) is 23.2 Å². The molecule has 1 aromatic rings. The molecular formula is C23H36N6O4. The summed E-state index contributed by atoms with van der Waals surface area (Å²) in [6, 6.07) is -1.53. The average molecular weight is 461 g/mol. The maximum Gasteiger partial charge on any atom is 0.248 e. The van der Waals surface area contributed by atoms with Gasteiger partial charge >= 0.3 is 0 Å². The highest BCUT2D eigenvalue weighted by atomic mass is 16.3. The number of aromatic nitrogens is 3. The topological polar surface area (TPSA) is 143 Å². The van der Waals surface area contributed by atoms with E-state index < -0.39 is 29.5 Å². The van der Waals surface area contributed by atoms with Crippen LogP contribution in [0.25, 0.3) is 0 Å². The Balaban J connectivity index is 1.79. The third-order valence-electron chi connectivity index (χ3n) is 6.28. The van der Waals surface area contributed by atoms with Crippen molar-refractivity contribution in [2.75, 3.05) is 13.1 Å². The molecule has 0 aromatic carbocycles. The largest absolute Gasteiger partial charge is 0.402 e. The lowest BCUT2D eigenvalue weighted by molar-refractivity contribution is -0.144. The number of nitrogens with two attached hydrogens (primary N) is 1. The summed E-state index contributed by atoms with van der Waals surface area (Å²) < 4.78 is 1.59. The number of amides is 2. The number of hydrogen-bond acceptors (Lipinski definition) is 7. The second-order valence-electron chi connectivity index (χ2n) is 10.2. The number of carbonyl (C=O) groups is 3. The molecule has 182 valence electrons. The number of β-amino-alcohol motifs (C(OH)–C–C–N with tert-alkyl or cyclic N) is 1. The number of nitrogens with zero attached hydrogens (tertiary/aromatic N) is 4. The van der Waals surface area contributed by atoms with E-state index >= 15 is 0 Å². The molecule has 1 aromatic heterocycles. The maximum absolute atomic E-state index is 13.7. The van der Waals surface area contributed by atoms with E-state index in [2.05, 4.69) is 15.6 Å². The van der Waals surface area contributed by atoms with Crippen LogP contribution in [-0.4, -0.2) is 67.8 Å². The first-order valence-corrected chi connectivity index (χ1v) is 11.6. The lowest BCUT2D eigenvalue weighted by atomic mass is 9.85. The zero-order valence-corrected chi connectivity index (χ0v) is 20.2. The fraction of sp³-hybridized carbons (Fsp3) is 0.696. The SMILES string of the molecule is CCC(=O)/C(CNC(=O)[C@@H]1CC(O)CN1C(=O)C(n1cc(C2CC2)nn1)C(C)(C)C)=C(/C)N. The first-order chi connectivity index (χ1) is 15.4. The van der Waals surface area contributed by atoms with E-state index in [9.17, 15) is 19.5 Å². The summed E-state index contributed by atoms with van der Waals surface area (Å²) in [5.41, 5.74) is 6.90. The number of ketones is 1. The molecule has 3 rings (SSSR count). The molecule has 2 amide bonds. The van der Waals surface area contributed by atoms with Gasteiger partial charge < -0.3 is 21.1 Å². The van der Waals surface area contributed by atoms with Crippen LogP contribution in [-0.2, 0) is 14.4 Å². The first kappa shape index (κ1) is 24.9. The number of allylic oxidation sites excluding steroid dienone is 1. The van der Waals surface area contributed by atoms with Gasteiger partial charge in [0.2, 0.25) is 11.8 Å². The van der Waals surface area contributed by atoms with Crippen LogP contribution >= 0.6 is 0 Å². The van der Waals surface area contributed by atoms with Crippen LogP contribution in [0.1, 0.15) is 78.0 Å². The molecule has 2 fully saturated rings. The fourth-order valence-corrected chi connectivity index (χ4v) is 4.29. The standard InChI is InChI=1S/C23H36N6O4/c1-6-19(31)16(13(2)24)10-25-21(32)18-9-15(30)11-28(18)22(33)20(23(3,4)5)29-12-17(26-27-29)14-7-8-14/h12,14-15,18,20,30H,6-11,24H2,1-5H3,(H,25,32)/b16-13-/t15?,18-,20?/m0/s1. The Morgan fingerprint density at radius 2 is 1.97 bits per heavy atom. The second-order valence-corrected chi connectivity index (χ2v) is 10.2. The van der Waals surface area contributed by atoms with Gasteiger partial charge in [-0.25, -0.2) is 4.68 Å². The number of likely N-dealkylation sites (tertiary alicyclic amines) is 1. The molecule has 0 radical (unpaired) electrons. The summed E-state index contributed by atoms with van der Waals surface area (Å²) in [7, 11) is 0. The van der Waals surface area contributed by atoms with Crippen molar-refractivity contribution in [3.63, 3.8) is 0 Å². The third kappa shape index (κ3) is 5.61. The molecule has 3 atom stereocenters. The van der Waals surface area contributed by atoms with Crippen molar-refractivity contribution in [2.24, 2.45) is 11.1 Å². The second kappa shape index (κ2) is 9.62. The molecule has 4 N–H and O–H groups in total. The van der Waals surface area contributed by atoms with Crippen LogP contribution in [0.3, 0.4) is 0 Å². The maximum atomic E-state index is 13.7. The molecule has 2 heterocycles. The van der Waals surface area contributed by atoms with Gasteiger partial charge in [0.05, 0.1) is 11.8 Å². The van der Waals surface area contributed by atoms with E-state index in [1.54, 1.807) is 18.5 Å². The molecule has 10 nitrogen and oxygen atoms in total. The molecule has 1 saturated carbocycles. The van der Waals surface area contributed by atoms with E-state index in [1.807, 2.05) is 27.0 Å². The normalized spacial score (nSPS) is 22.7. The van der Waals surface area contributed by atoms with Gasteiger partial charge in [0.25, 0.3) is 0 Å². The van der Waals surface area contributed by atoms with Gasteiger partial charge in [-0.1, -0.05) is 32.9 Å². The molecule has 1 aliphatic heterocycles. The Bertz CT molecular complexity index is 939. The summed E-state index contributed by atoms with van der Waals surface area (Å²) in [6.07, 6.45) is 3.57. The van der Waals surface area contributed by atoms with E-state index in [0.717, 1.165) is 18.5 Å². The molecule has 0 spiro atoms. The lowest BCUT2D eigenvalue weighted by Crippen LogP contribution is -2.50. The van der Waals surface area contributed by atoms with Gasteiger partial charge in [-0.15, -0.1) is 5.10 Å². The highest BCUT2D eigenvalue weighted by molar-refractivity contribution is 5.97. The van der Waals surface area contributed by atoms with Gasteiger partial charge in [-0.05, 0) is 25.2 Å². The molecule has 0 bridgehead atoms. The molecule has 33 heavy (non-hydrogen) atoms. The minimum Gasteiger partial charge on any atom is -0.402 e. The number of aliphatic hydroxyl groups excluding tert-OH is 1. The molecular weight excluding hydrogens is 424 g/mol. The van der Waals surface area contributed by atoms with Gasteiger partial charge in [-0.2, -0.15) is 0 Å². The molecule has 10 heteroatoms. The quantitative estimate of drug-likeness (QED) is 0.492. The van der Waals surface area contributed by atoms with Crippen molar-refractivity contribution < 1.29 is 19.5 Å². The fourth-order valence-electron chi connectivity index (χ4n) is 4.29. The Kier molecular flexibility index (Phi) is 7.26. The van der Waals surface area contributed by atoms with Crippen LogP contribution in [0.4, 0.5) is 0 Å². The van der Waals surface area contributed by atoms with Crippen molar-refractivity contribution in [1.82, 2.24) is 25.2 Å². The first-order valence-electron chi connectivity index (χ1n) is 11.6. The Morgan fingerprint density at radius 1 is 1.30 bits per heavy atom. The Hall–Kier alpha value is -2.75. The van der Waals surface area contributed by atoms with E-state index in [1.165, 1.54) is 4.90 Å². The van der Waals surface area contributed by atoms with Crippen LogP contribution in [0.15, 0.2) is 17.5 Å². The van der Waals surface area contributed by atoms with Crippen LogP contribution in [0.5, 0.6) is 0 Å². The molecule has 1 saturated heterocycles. The highest BCUT2D eigenvalue weighted by Crippen LogP contribution is 2.40. The van der Waals surface area contributed by atoms with Gasteiger partial charge in [0.15, 0.2) is 5.78 Å². The molecule has 2 aliphatic rings. The predicted molar refractivity (Wildman–Crippen MR) is 122 cm³/mol. The lowest BCUT2D eigenvalue weighted by Gasteiger charge is -2.34. The van der Waals surface area contributed by atoms with Crippen molar-refractivity contribution in [3.8, 4) is 0 Å². The van der Waals surface area contributed by atoms with Gasteiger partial charge in [-0.3, -0.25) is 14.4 Å². The van der Waals surface area contributed by atoms with E-state index in [4.69, 9.17) is 5.73 Å². The van der Waals surface area contributed by atoms with E-state index in [0.29, 0.717) is 17.2 Å². The number of nitrogens with one attached hydrogen (secondary N) is 1. The summed E-state index contributed by atoms with van der Waals surface area (Å²) in [6.45, 7) is 9.20. The van der Waals surface area contributed by atoms with Gasteiger partial charge in [0, 0.05) is 49.3 Å². The van der Waals surface area contributed by atoms with Gasteiger partial charge in [0.1, 0.15) is 12.1 Å². The average Bonchev–Trinajstić information content (AvgIpc) is 3.34. The van der Waals surface area contributed by atoms with Crippen LogP contribution in [0, 0.1) is 5.41 Å². The number of hydrogen-bond donors (Lipinski definition) is 3. The summed E-state index contributed by atoms with van der Waals surface area (Å²) in [4.78, 5) is 40.3. The Labute approximate surface area is 194 Å². The smallest absolute Gasteiger partial charge is 0.248 e. The summed E-state index contributed by atoms with van der Waals surface area (Å²) in [5, 5.41) is 21.5. The van der Waals surface area contributed by atoms with E-state index in [-0.39, 0.29) is 37.6 Å². The Morgan fingerprint density at radius 3 is 2.52 bits per heavy atom. The number of aliphatic hydroxyl groups is 1. The summed E-state index contributed by atoms with van der Waals surface area (Å²) >= 11 is 0. The molecule has 1 aliphatic carbocycles. The zero-order valence-electron chi connectivity index (χ0n) is 20.2. The minimum atomic E-state index is -0.847. The summed E-state index contributed by atoms with van der Waals surface area (Å²) in [5.74, 6) is -0.449. The number of Topliss-reactive ketones (excluding diaryl/α,β-unsaturated/α-hetero) is 1. The van der Waals surface area contributed by atoms with Crippen LogP contribution in [0.2, 0.25) is 0 Å². The minimum absolute atomic E-state index is 0.0149. The number of rotatable bonds is 8. The monoisotopic (exact) mass is 460 g/mol. The number of carbonyl (C=O) groups excluding carboxylic acids is 3. The zero-order chi connectivity index (χ0) is 24.5. The third-order valence-corrected chi connectivity index (χ3v) is 6.28. The highest BCUT2D eigenvalue weighted by Gasteiger charge is 2.45. The van der Waals surface area contributed by atoms with Crippen molar-refractivity contribution in [1.29, 1.82) is 0 Å². The van der Waals surface area contributed by atoms with Crippen molar-refractivity contribution >= 4 is 17.6 Å².